The molecular formula is C15H16O2. The molecule has 0 saturated heterocycles. The summed E-state index contributed by atoms with van der Waals surface area (Å²) in [5.41, 5.74) is 2.36. The fraction of sp³-hybridized carbons (Fsp3) is 0.133. The second kappa shape index (κ2) is 7.23. The summed E-state index contributed by atoms with van der Waals surface area (Å²) in [5.74, 6) is -0.349. The maximum absolute atomic E-state index is 10.8. The molecule has 0 unspecified atom stereocenters. The number of carbonyl (C=O) groups is 1. The molecule has 2 nitrogen and oxygen atoms in total. The summed E-state index contributed by atoms with van der Waals surface area (Å²) in [4.78, 5) is 10.8. The number of hydrogen-bond acceptors (Lipinski definition) is 2. The summed E-state index contributed by atoms with van der Waals surface area (Å²) >= 11 is 0. The highest BCUT2D eigenvalue weighted by Crippen LogP contribution is 2.12. The molecule has 0 aliphatic rings. The number of methoxy groups -OCH3 is 1. The molecule has 0 bridgehead atoms. The summed E-state index contributed by atoms with van der Waals surface area (Å²) in [6, 6.07) is 10.1. The Morgan fingerprint density at radius 2 is 1.82 bits per heavy atom. The van der Waals surface area contributed by atoms with Crippen LogP contribution in [0.1, 0.15) is 12.5 Å². The van der Waals surface area contributed by atoms with Crippen LogP contribution in [0.5, 0.6) is 0 Å². The average molecular weight is 228 g/mol. The van der Waals surface area contributed by atoms with Gasteiger partial charge in [0.15, 0.2) is 0 Å². The molecule has 0 amide bonds. The van der Waals surface area contributed by atoms with E-state index in [1.807, 2.05) is 37.3 Å². The van der Waals surface area contributed by atoms with Gasteiger partial charge in [0.2, 0.25) is 0 Å². The molecule has 88 valence electrons. The molecule has 0 aromatic heterocycles. The molecular weight excluding hydrogens is 212 g/mol. The van der Waals surface area contributed by atoms with E-state index in [-0.39, 0.29) is 5.97 Å². The third-order valence-electron chi connectivity index (χ3n) is 2.23. The lowest BCUT2D eigenvalue weighted by atomic mass is 10.1. The molecule has 0 aliphatic carbocycles. The number of esters is 1. The van der Waals surface area contributed by atoms with Crippen molar-refractivity contribution in [2.24, 2.45) is 0 Å². The highest BCUT2D eigenvalue weighted by molar-refractivity contribution is 5.82. The van der Waals surface area contributed by atoms with E-state index in [0.29, 0.717) is 0 Å². The van der Waals surface area contributed by atoms with Crippen molar-refractivity contribution in [1.29, 1.82) is 0 Å². The Labute approximate surface area is 102 Å². The number of carbonyl (C=O) groups excluding carboxylic acids is 1. The van der Waals surface area contributed by atoms with Crippen molar-refractivity contribution in [1.82, 2.24) is 0 Å². The van der Waals surface area contributed by atoms with Crippen molar-refractivity contribution < 1.29 is 9.53 Å². The largest absolute Gasteiger partial charge is 0.466 e. The van der Waals surface area contributed by atoms with Gasteiger partial charge in [0.25, 0.3) is 0 Å². The Bertz CT molecular complexity index is 439. The SMILES string of the molecule is COC(=O)C=CC=CC=C(C)c1ccccc1. The molecule has 1 aromatic rings. The molecule has 1 aromatic carbocycles. The number of rotatable bonds is 4. The van der Waals surface area contributed by atoms with Crippen molar-refractivity contribution in [2.45, 2.75) is 6.92 Å². The molecule has 0 N–H and O–H groups in total. The zero-order valence-corrected chi connectivity index (χ0v) is 10.1. The minimum Gasteiger partial charge on any atom is -0.466 e. The predicted octanol–water partition coefficient (Wildman–Crippen LogP) is 3.38. The van der Waals surface area contributed by atoms with Crippen LogP contribution >= 0.6 is 0 Å². The first kappa shape index (κ1) is 13.0. The normalized spacial score (nSPS) is 12.2. The lowest BCUT2D eigenvalue weighted by Crippen LogP contribution is -1.92. The van der Waals surface area contributed by atoms with Crippen molar-refractivity contribution >= 4 is 11.5 Å². The van der Waals surface area contributed by atoms with Crippen molar-refractivity contribution in [3.05, 3.63) is 66.3 Å². The third-order valence-corrected chi connectivity index (χ3v) is 2.23. The number of hydrogen-bond donors (Lipinski definition) is 0. The van der Waals surface area contributed by atoms with Crippen LogP contribution in [0.25, 0.3) is 5.57 Å². The fourth-order valence-electron chi connectivity index (χ4n) is 1.26. The van der Waals surface area contributed by atoms with Crippen molar-refractivity contribution in [3.8, 4) is 0 Å². The van der Waals surface area contributed by atoms with E-state index in [1.165, 1.54) is 24.3 Å². The van der Waals surface area contributed by atoms with Crippen LogP contribution in [-0.2, 0) is 9.53 Å². The van der Waals surface area contributed by atoms with Crippen LogP contribution < -0.4 is 0 Å². The first-order chi connectivity index (χ1) is 8.24. The van der Waals surface area contributed by atoms with E-state index in [1.54, 1.807) is 12.2 Å². The second-order valence-electron chi connectivity index (χ2n) is 3.48. The van der Waals surface area contributed by atoms with E-state index >= 15 is 0 Å². The van der Waals surface area contributed by atoms with Gasteiger partial charge in [0.05, 0.1) is 7.11 Å². The van der Waals surface area contributed by atoms with E-state index in [9.17, 15) is 4.79 Å². The smallest absolute Gasteiger partial charge is 0.330 e. The Morgan fingerprint density at radius 3 is 2.47 bits per heavy atom. The van der Waals surface area contributed by atoms with Crippen LogP contribution in [0.4, 0.5) is 0 Å². The number of benzene rings is 1. The molecule has 1 rings (SSSR count). The first-order valence-electron chi connectivity index (χ1n) is 5.39. The molecule has 17 heavy (non-hydrogen) atoms. The van der Waals surface area contributed by atoms with Gasteiger partial charge in [0, 0.05) is 6.08 Å². The van der Waals surface area contributed by atoms with Crippen LogP contribution in [0, 0.1) is 0 Å². The summed E-state index contributed by atoms with van der Waals surface area (Å²) in [7, 11) is 1.36. The second-order valence-corrected chi connectivity index (χ2v) is 3.48. The first-order valence-corrected chi connectivity index (χ1v) is 5.39. The maximum atomic E-state index is 10.8. The molecule has 0 spiro atoms. The highest BCUT2D eigenvalue weighted by atomic mass is 16.5. The van der Waals surface area contributed by atoms with Gasteiger partial charge in [-0.2, -0.15) is 0 Å². The Morgan fingerprint density at radius 1 is 1.12 bits per heavy atom. The van der Waals surface area contributed by atoms with Crippen LogP contribution in [0.3, 0.4) is 0 Å². The van der Waals surface area contributed by atoms with Gasteiger partial charge < -0.3 is 4.74 Å². The highest BCUT2D eigenvalue weighted by Gasteiger charge is 1.90. The Kier molecular flexibility index (Phi) is 5.52. The van der Waals surface area contributed by atoms with E-state index in [4.69, 9.17) is 0 Å². The minimum absolute atomic E-state index is 0.349. The molecule has 0 fully saturated rings. The van der Waals surface area contributed by atoms with Crippen molar-refractivity contribution in [3.63, 3.8) is 0 Å². The van der Waals surface area contributed by atoms with E-state index < -0.39 is 0 Å². The maximum Gasteiger partial charge on any atom is 0.330 e. The lowest BCUT2D eigenvalue weighted by Gasteiger charge is -1.98. The lowest BCUT2D eigenvalue weighted by molar-refractivity contribution is -0.134. The van der Waals surface area contributed by atoms with Gasteiger partial charge in [-0.25, -0.2) is 4.79 Å². The van der Waals surface area contributed by atoms with Crippen LogP contribution in [-0.4, -0.2) is 13.1 Å². The Hall–Kier alpha value is -2.09. The van der Waals surface area contributed by atoms with Gasteiger partial charge in [-0.3, -0.25) is 0 Å². The summed E-state index contributed by atoms with van der Waals surface area (Å²) in [6.45, 7) is 2.05. The van der Waals surface area contributed by atoms with Gasteiger partial charge >= 0.3 is 5.97 Å². The van der Waals surface area contributed by atoms with Crippen LogP contribution in [0.2, 0.25) is 0 Å². The quantitative estimate of drug-likeness (QED) is 0.448. The zero-order valence-electron chi connectivity index (χ0n) is 10.1. The molecule has 2 heteroatoms. The zero-order chi connectivity index (χ0) is 12.5. The molecule has 0 aliphatic heterocycles. The monoisotopic (exact) mass is 228 g/mol. The standard InChI is InChI=1S/C15H16O2/c1-13(14-10-6-4-7-11-14)9-5-3-8-12-15(16)17-2/h3-12H,1-2H3. The number of ether oxygens (including phenoxy) is 1. The van der Waals surface area contributed by atoms with E-state index in [0.717, 1.165) is 0 Å². The summed E-state index contributed by atoms with van der Waals surface area (Å²) in [6.07, 6.45) is 8.71. The van der Waals surface area contributed by atoms with Gasteiger partial charge in [-0.1, -0.05) is 54.6 Å². The average Bonchev–Trinajstić information content (AvgIpc) is 2.38. The molecule has 0 saturated carbocycles. The van der Waals surface area contributed by atoms with E-state index in [2.05, 4.69) is 16.9 Å². The third kappa shape index (κ3) is 4.98. The van der Waals surface area contributed by atoms with Gasteiger partial charge in [0.1, 0.15) is 0 Å². The summed E-state index contributed by atoms with van der Waals surface area (Å²) < 4.78 is 4.47. The predicted molar refractivity (Wildman–Crippen MR) is 70.4 cm³/mol. The van der Waals surface area contributed by atoms with Gasteiger partial charge in [-0.05, 0) is 18.1 Å². The minimum atomic E-state index is -0.349. The summed E-state index contributed by atoms with van der Waals surface area (Å²) in [5, 5.41) is 0. The van der Waals surface area contributed by atoms with Crippen LogP contribution in [0.15, 0.2) is 60.7 Å². The topological polar surface area (TPSA) is 26.3 Å². The fourth-order valence-corrected chi connectivity index (χ4v) is 1.26. The Balaban J connectivity index is 2.57. The number of allylic oxidation sites excluding steroid dienone is 5. The molecule has 0 heterocycles. The van der Waals surface area contributed by atoms with Crippen molar-refractivity contribution in [2.75, 3.05) is 7.11 Å². The van der Waals surface area contributed by atoms with Gasteiger partial charge in [-0.15, -0.1) is 0 Å². The molecule has 0 atom stereocenters. The molecule has 0 radical (unpaired) electrons.